The zero-order valence-corrected chi connectivity index (χ0v) is 17.7. The minimum absolute atomic E-state index is 0.0504. The number of phenols is 1. The Bertz CT molecular complexity index is 809. The van der Waals surface area contributed by atoms with Gasteiger partial charge in [0.1, 0.15) is 0 Å². The predicted octanol–water partition coefficient (Wildman–Crippen LogP) is 4.38. The van der Waals surface area contributed by atoms with E-state index in [1.807, 2.05) is 18.2 Å². The molecule has 0 saturated carbocycles. The van der Waals surface area contributed by atoms with Gasteiger partial charge < -0.3 is 28.8 Å². The largest absolute Gasteiger partial charge is 0.504 e. The monoisotopic (exact) mass is 402 g/mol. The Balaban J connectivity index is 1.85. The minimum atomic E-state index is -0.0504. The highest BCUT2D eigenvalue weighted by Crippen LogP contribution is 2.47. The lowest BCUT2D eigenvalue weighted by Gasteiger charge is -2.23. The fourth-order valence-corrected chi connectivity index (χ4v) is 4.25. The Morgan fingerprint density at radius 2 is 1.59 bits per heavy atom. The van der Waals surface area contributed by atoms with Gasteiger partial charge in [-0.3, -0.25) is 0 Å². The van der Waals surface area contributed by atoms with Crippen LogP contribution in [0.1, 0.15) is 30.6 Å². The number of ether oxygens (including phenoxy) is 5. The van der Waals surface area contributed by atoms with Crippen LogP contribution in [0.5, 0.6) is 28.7 Å². The fourth-order valence-electron chi connectivity index (χ4n) is 4.25. The molecule has 0 amide bonds. The van der Waals surface area contributed by atoms with Gasteiger partial charge in [0, 0.05) is 0 Å². The smallest absolute Gasteiger partial charge is 0.203 e. The third kappa shape index (κ3) is 4.22. The van der Waals surface area contributed by atoms with Crippen molar-refractivity contribution >= 4 is 0 Å². The lowest BCUT2D eigenvalue weighted by Crippen LogP contribution is -2.17. The molecule has 0 spiro atoms. The first-order valence-electron chi connectivity index (χ1n) is 9.83. The second-order valence-corrected chi connectivity index (χ2v) is 7.26. The van der Waals surface area contributed by atoms with Crippen molar-refractivity contribution in [2.45, 2.75) is 25.9 Å². The maximum Gasteiger partial charge on any atom is 0.203 e. The molecule has 0 aliphatic carbocycles. The first-order chi connectivity index (χ1) is 14.1. The Hall–Kier alpha value is -2.60. The van der Waals surface area contributed by atoms with Crippen LogP contribution in [0.4, 0.5) is 0 Å². The number of aromatic hydroxyl groups is 1. The van der Waals surface area contributed by atoms with E-state index < -0.39 is 0 Å². The molecule has 3 rings (SSSR count). The summed E-state index contributed by atoms with van der Waals surface area (Å²) >= 11 is 0. The van der Waals surface area contributed by atoms with Crippen LogP contribution in [0.15, 0.2) is 30.3 Å². The summed E-state index contributed by atoms with van der Waals surface area (Å²) in [6.07, 6.45) is 1.76. The van der Waals surface area contributed by atoms with Gasteiger partial charge in [0.25, 0.3) is 0 Å². The standard InChI is InChI=1S/C23H30O6/c1-6-17-16(9-14-7-8-19(25-2)18(24)10-14)13-29-22(17)15-11-20(26-3)23(28-5)21(12-15)27-4/h7-8,10-12,16-17,22,24H,6,9,13H2,1-5H3/t16-,17-,22+/m0/s1. The van der Waals surface area contributed by atoms with E-state index in [-0.39, 0.29) is 11.9 Å². The van der Waals surface area contributed by atoms with Crippen LogP contribution in [-0.2, 0) is 11.2 Å². The first kappa shape index (κ1) is 21.1. The van der Waals surface area contributed by atoms with Crippen LogP contribution < -0.4 is 18.9 Å². The maximum atomic E-state index is 10.1. The topological polar surface area (TPSA) is 66.4 Å². The van der Waals surface area contributed by atoms with Gasteiger partial charge in [-0.2, -0.15) is 0 Å². The highest BCUT2D eigenvalue weighted by molar-refractivity contribution is 5.54. The van der Waals surface area contributed by atoms with E-state index in [0.717, 1.165) is 24.0 Å². The highest BCUT2D eigenvalue weighted by atomic mass is 16.5. The van der Waals surface area contributed by atoms with Gasteiger partial charge in [0.15, 0.2) is 23.0 Å². The average molecular weight is 402 g/mol. The molecule has 0 unspecified atom stereocenters. The van der Waals surface area contributed by atoms with Gasteiger partial charge in [-0.15, -0.1) is 0 Å². The van der Waals surface area contributed by atoms with Gasteiger partial charge in [-0.1, -0.05) is 19.4 Å². The zero-order chi connectivity index (χ0) is 21.0. The highest BCUT2D eigenvalue weighted by Gasteiger charge is 2.37. The second-order valence-electron chi connectivity index (χ2n) is 7.26. The van der Waals surface area contributed by atoms with Gasteiger partial charge in [-0.25, -0.2) is 0 Å². The average Bonchev–Trinajstić information content (AvgIpc) is 3.15. The molecule has 1 saturated heterocycles. The lowest BCUT2D eigenvalue weighted by molar-refractivity contribution is 0.0889. The number of phenolic OH excluding ortho intramolecular Hbond substituents is 1. The number of hydrogen-bond acceptors (Lipinski definition) is 6. The van der Waals surface area contributed by atoms with E-state index in [0.29, 0.717) is 41.4 Å². The maximum absolute atomic E-state index is 10.1. The molecular formula is C23H30O6. The van der Waals surface area contributed by atoms with Crippen molar-refractivity contribution < 1.29 is 28.8 Å². The molecule has 2 aromatic rings. The van der Waals surface area contributed by atoms with Gasteiger partial charge in [-0.05, 0) is 53.6 Å². The van der Waals surface area contributed by atoms with Crippen LogP contribution in [-0.4, -0.2) is 40.2 Å². The van der Waals surface area contributed by atoms with Crippen molar-refractivity contribution in [1.82, 2.24) is 0 Å². The summed E-state index contributed by atoms with van der Waals surface area (Å²) in [6.45, 7) is 2.84. The summed E-state index contributed by atoms with van der Waals surface area (Å²) in [5, 5.41) is 10.1. The molecular weight excluding hydrogens is 372 g/mol. The molecule has 158 valence electrons. The molecule has 1 aliphatic heterocycles. The Morgan fingerprint density at radius 1 is 0.931 bits per heavy atom. The molecule has 6 nitrogen and oxygen atoms in total. The molecule has 0 radical (unpaired) electrons. The van der Waals surface area contributed by atoms with E-state index in [4.69, 9.17) is 23.7 Å². The van der Waals surface area contributed by atoms with Crippen molar-refractivity contribution in [3.63, 3.8) is 0 Å². The minimum Gasteiger partial charge on any atom is -0.504 e. The molecule has 0 bridgehead atoms. The molecule has 1 heterocycles. The number of methoxy groups -OCH3 is 4. The van der Waals surface area contributed by atoms with Crippen molar-refractivity contribution in [3.05, 3.63) is 41.5 Å². The third-order valence-corrected chi connectivity index (χ3v) is 5.71. The molecule has 1 aliphatic rings. The van der Waals surface area contributed by atoms with E-state index in [9.17, 15) is 5.11 Å². The van der Waals surface area contributed by atoms with Crippen molar-refractivity contribution in [3.8, 4) is 28.7 Å². The van der Waals surface area contributed by atoms with Crippen LogP contribution in [0, 0.1) is 11.8 Å². The summed E-state index contributed by atoms with van der Waals surface area (Å²) in [6, 6.07) is 9.51. The van der Waals surface area contributed by atoms with Crippen molar-refractivity contribution in [2.75, 3.05) is 35.0 Å². The summed E-state index contributed by atoms with van der Waals surface area (Å²) < 4.78 is 27.8. The quantitative estimate of drug-likeness (QED) is 0.707. The molecule has 29 heavy (non-hydrogen) atoms. The summed E-state index contributed by atoms with van der Waals surface area (Å²) in [7, 11) is 6.38. The molecule has 1 N–H and O–H groups in total. The predicted molar refractivity (Wildman–Crippen MR) is 110 cm³/mol. The molecule has 0 aromatic heterocycles. The SMILES string of the molecule is CC[C@H]1[C@@H](Cc2ccc(OC)c(O)c2)CO[C@@H]1c1cc(OC)c(OC)c(OC)c1. The van der Waals surface area contributed by atoms with Crippen molar-refractivity contribution in [1.29, 1.82) is 0 Å². The Kier molecular flexibility index (Phi) is 6.75. The first-order valence-corrected chi connectivity index (χ1v) is 9.83. The van der Waals surface area contributed by atoms with E-state index >= 15 is 0 Å². The molecule has 6 heteroatoms. The fraction of sp³-hybridized carbons (Fsp3) is 0.478. The Labute approximate surface area is 172 Å². The Morgan fingerprint density at radius 3 is 2.10 bits per heavy atom. The summed E-state index contributed by atoms with van der Waals surface area (Å²) in [5.74, 6) is 3.17. The summed E-state index contributed by atoms with van der Waals surface area (Å²) in [5.41, 5.74) is 2.09. The third-order valence-electron chi connectivity index (χ3n) is 5.71. The van der Waals surface area contributed by atoms with Crippen molar-refractivity contribution in [2.24, 2.45) is 11.8 Å². The van der Waals surface area contributed by atoms with Crippen LogP contribution >= 0.6 is 0 Å². The number of benzene rings is 2. The molecule has 2 aromatic carbocycles. The van der Waals surface area contributed by atoms with E-state index in [1.165, 1.54) is 0 Å². The van der Waals surface area contributed by atoms with Crippen LogP contribution in [0.25, 0.3) is 0 Å². The zero-order valence-electron chi connectivity index (χ0n) is 17.7. The van der Waals surface area contributed by atoms with Crippen LogP contribution in [0.2, 0.25) is 0 Å². The normalized spacial score (nSPS) is 21.1. The number of rotatable bonds is 8. The number of hydrogen-bond donors (Lipinski definition) is 1. The van der Waals surface area contributed by atoms with E-state index in [1.54, 1.807) is 40.6 Å². The summed E-state index contributed by atoms with van der Waals surface area (Å²) in [4.78, 5) is 0. The van der Waals surface area contributed by atoms with Gasteiger partial charge >= 0.3 is 0 Å². The van der Waals surface area contributed by atoms with Gasteiger partial charge in [0.2, 0.25) is 5.75 Å². The second kappa shape index (κ2) is 9.27. The molecule has 1 fully saturated rings. The lowest BCUT2D eigenvalue weighted by atomic mass is 9.82. The van der Waals surface area contributed by atoms with Crippen LogP contribution in [0.3, 0.4) is 0 Å². The van der Waals surface area contributed by atoms with E-state index in [2.05, 4.69) is 6.92 Å². The van der Waals surface area contributed by atoms with Gasteiger partial charge in [0.05, 0.1) is 41.2 Å². The molecule has 3 atom stereocenters.